The van der Waals surface area contributed by atoms with Crippen LogP contribution in [0, 0.1) is 0 Å². The Bertz CT molecular complexity index is 112. The molecule has 0 heterocycles. The Balaban J connectivity index is 4.09. The molecule has 0 rings (SSSR count). The van der Waals surface area contributed by atoms with E-state index in [0.29, 0.717) is 11.8 Å². The molecule has 0 spiro atoms. The van der Waals surface area contributed by atoms with Crippen molar-refractivity contribution >= 4 is 21.4 Å². The average molecular weight is 212 g/mol. The average Bonchev–Trinajstić information content (AvgIpc) is 2.14. The minimum atomic E-state index is -2.60. The first-order valence-corrected chi connectivity index (χ1v) is 6.15. The van der Waals surface area contributed by atoms with E-state index in [2.05, 4.69) is 12.6 Å². The van der Waals surface area contributed by atoms with Crippen LogP contribution in [0.3, 0.4) is 0 Å². The number of hydrogen-bond donors (Lipinski definition) is 2. The molecule has 0 aliphatic heterocycles. The molecule has 0 saturated carbocycles. The number of thiol groups is 1. The SMILES string of the molecule is CO[Si](CC(O)CS)(OC)OC. The zero-order valence-corrected chi connectivity index (χ0v) is 9.51. The van der Waals surface area contributed by atoms with Gasteiger partial charge in [-0.3, -0.25) is 0 Å². The first-order valence-electron chi connectivity index (χ1n) is 3.58. The van der Waals surface area contributed by atoms with E-state index in [0.717, 1.165) is 0 Å². The van der Waals surface area contributed by atoms with E-state index in [1.807, 2.05) is 0 Å². The molecule has 6 heteroatoms. The van der Waals surface area contributed by atoms with E-state index in [4.69, 9.17) is 13.3 Å². The smallest absolute Gasteiger partial charge is 0.392 e. The molecule has 4 nitrogen and oxygen atoms in total. The molecule has 0 aromatic rings. The second kappa shape index (κ2) is 5.95. The lowest BCUT2D eigenvalue weighted by atomic mass is 10.5. The third-order valence-electron chi connectivity index (χ3n) is 1.63. The van der Waals surface area contributed by atoms with E-state index in [1.165, 1.54) is 21.3 Å². The molecule has 0 aromatic carbocycles. The highest BCUT2D eigenvalue weighted by atomic mass is 32.1. The normalized spacial score (nSPS) is 14.8. The van der Waals surface area contributed by atoms with Crippen molar-refractivity contribution in [2.24, 2.45) is 0 Å². The van der Waals surface area contributed by atoms with Gasteiger partial charge in [-0.2, -0.15) is 12.6 Å². The summed E-state index contributed by atoms with van der Waals surface area (Å²) in [5, 5.41) is 9.31. The van der Waals surface area contributed by atoms with Gasteiger partial charge in [0, 0.05) is 33.1 Å². The van der Waals surface area contributed by atoms with Gasteiger partial charge in [0.1, 0.15) is 0 Å². The molecule has 74 valence electrons. The van der Waals surface area contributed by atoms with Crippen molar-refractivity contribution in [2.45, 2.75) is 12.1 Å². The van der Waals surface area contributed by atoms with Crippen LogP contribution in [0.2, 0.25) is 6.04 Å². The summed E-state index contributed by atoms with van der Waals surface area (Å²) < 4.78 is 15.3. The fraction of sp³-hybridized carbons (Fsp3) is 1.00. The third-order valence-corrected chi connectivity index (χ3v) is 4.89. The zero-order valence-electron chi connectivity index (χ0n) is 7.61. The van der Waals surface area contributed by atoms with Crippen molar-refractivity contribution in [3.8, 4) is 0 Å². The molecule has 0 bridgehead atoms. The van der Waals surface area contributed by atoms with Crippen LogP contribution in [0.4, 0.5) is 0 Å². The predicted octanol–water partition coefficient (Wildman–Crippen LogP) is 0.155. The topological polar surface area (TPSA) is 47.9 Å². The van der Waals surface area contributed by atoms with Gasteiger partial charge in [0.25, 0.3) is 0 Å². The van der Waals surface area contributed by atoms with Crippen LogP contribution < -0.4 is 0 Å². The van der Waals surface area contributed by atoms with E-state index in [-0.39, 0.29) is 0 Å². The summed E-state index contributed by atoms with van der Waals surface area (Å²) in [6, 6.07) is 0.375. The number of hydrogen-bond acceptors (Lipinski definition) is 5. The highest BCUT2D eigenvalue weighted by molar-refractivity contribution is 7.80. The summed E-state index contributed by atoms with van der Waals surface area (Å²) in [4.78, 5) is 0. The van der Waals surface area contributed by atoms with Crippen LogP contribution in [-0.2, 0) is 13.3 Å². The second-order valence-corrected chi connectivity index (χ2v) is 5.70. The maximum absolute atomic E-state index is 9.31. The van der Waals surface area contributed by atoms with Crippen LogP contribution in [0.1, 0.15) is 0 Å². The molecule has 0 saturated heterocycles. The van der Waals surface area contributed by atoms with Crippen molar-refractivity contribution in [2.75, 3.05) is 27.1 Å². The maximum atomic E-state index is 9.31. The lowest BCUT2D eigenvalue weighted by Gasteiger charge is -2.25. The van der Waals surface area contributed by atoms with Crippen molar-refractivity contribution in [1.29, 1.82) is 0 Å². The van der Waals surface area contributed by atoms with Gasteiger partial charge in [-0.1, -0.05) is 0 Å². The predicted molar refractivity (Wildman–Crippen MR) is 51.4 cm³/mol. The fourth-order valence-corrected chi connectivity index (χ4v) is 2.95. The highest BCUT2D eigenvalue weighted by Crippen LogP contribution is 2.15. The van der Waals surface area contributed by atoms with Crippen LogP contribution in [-0.4, -0.2) is 47.1 Å². The summed E-state index contributed by atoms with van der Waals surface area (Å²) in [6.07, 6.45) is -0.542. The molecule has 0 aliphatic carbocycles. The van der Waals surface area contributed by atoms with Crippen molar-refractivity contribution in [1.82, 2.24) is 0 Å². The minimum Gasteiger partial charge on any atom is -0.392 e. The molecule has 0 aliphatic rings. The largest absolute Gasteiger partial charge is 0.502 e. The van der Waals surface area contributed by atoms with Gasteiger partial charge < -0.3 is 18.4 Å². The van der Waals surface area contributed by atoms with E-state index >= 15 is 0 Å². The Hall–Kier alpha value is 0.407. The minimum absolute atomic E-state index is 0.375. The molecule has 1 atom stereocenters. The molecule has 0 radical (unpaired) electrons. The van der Waals surface area contributed by atoms with Gasteiger partial charge in [-0.15, -0.1) is 0 Å². The van der Waals surface area contributed by atoms with Gasteiger partial charge in [0.15, 0.2) is 0 Å². The molecular weight excluding hydrogens is 196 g/mol. The number of rotatable bonds is 6. The Kier molecular flexibility index (Phi) is 6.15. The maximum Gasteiger partial charge on any atom is 0.502 e. The third kappa shape index (κ3) is 3.42. The van der Waals surface area contributed by atoms with Gasteiger partial charge in [-0.25, -0.2) is 0 Å². The zero-order chi connectivity index (χ0) is 9.61. The van der Waals surface area contributed by atoms with Crippen molar-refractivity contribution < 1.29 is 18.4 Å². The molecule has 1 N–H and O–H groups in total. The first-order chi connectivity index (χ1) is 5.64. The van der Waals surface area contributed by atoms with Gasteiger partial charge in [-0.05, 0) is 0 Å². The van der Waals surface area contributed by atoms with Gasteiger partial charge in [0.2, 0.25) is 0 Å². The van der Waals surface area contributed by atoms with Crippen LogP contribution >= 0.6 is 12.6 Å². The number of aliphatic hydroxyl groups is 1. The van der Waals surface area contributed by atoms with Gasteiger partial charge >= 0.3 is 8.80 Å². The second-order valence-electron chi connectivity index (χ2n) is 2.34. The van der Waals surface area contributed by atoms with Crippen molar-refractivity contribution in [3.05, 3.63) is 0 Å². The molecule has 0 fully saturated rings. The summed E-state index contributed by atoms with van der Waals surface area (Å²) in [5.74, 6) is 0.380. The van der Waals surface area contributed by atoms with Crippen LogP contribution in [0.25, 0.3) is 0 Å². The molecule has 1 unspecified atom stereocenters. The van der Waals surface area contributed by atoms with E-state index in [9.17, 15) is 5.11 Å². The summed E-state index contributed by atoms with van der Waals surface area (Å²) in [7, 11) is 1.95. The quantitative estimate of drug-likeness (QED) is 0.486. The molecule has 0 aromatic heterocycles. The van der Waals surface area contributed by atoms with Crippen molar-refractivity contribution in [3.63, 3.8) is 0 Å². The Morgan fingerprint density at radius 2 is 1.67 bits per heavy atom. The standard InChI is InChI=1S/C6H16O4SSi/c1-8-12(9-2,10-3)5-6(7)4-11/h6-7,11H,4-5H2,1-3H3. The van der Waals surface area contributed by atoms with E-state index in [1.54, 1.807) is 0 Å². The lowest BCUT2D eigenvalue weighted by molar-refractivity contribution is 0.103. The van der Waals surface area contributed by atoms with Crippen LogP contribution in [0.5, 0.6) is 0 Å². The summed E-state index contributed by atoms with van der Waals surface area (Å²) >= 11 is 3.95. The molecular formula is C6H16O4SSi. The highest BCUT2D eigenvalue weighted by Gasteiger charge is 2.39. The Morgan fingerprint density at radius 3 is 1.92 bits per heavy atom. The molecule has 12 heavy (non-hydrogen) atoms. The van der Waals surface area contributed by atoms with E-state index < -0.39 is 14.9 Å². The Morgan fingerprint density at radius 1 is 1.25 bits per heavy atom. The first kappa shape index (κ1) is 12.4. The monoisotopic (exact) mass is 212 g/mol. The Labute approximate surface area is 79.6 Å². The fourth-order valence-electron chi connectivity index (χ4n) is 0.853. The summed E-state index contributed by atoms with van der Waals surface area (Å²) in [5.41, 5.74) is 0. The van der Waals surface area contributed by atoms with Gasteiger partial charge in [0.05, 0.1) is 6.10 Å². The number of aliphatic hydroxyl groups excluding tert-OH is 1. The summed E-state index contributed by atoms with van der Waals surface area (Å²) in [6.45, 7) is 0. The lowest BCUT2D eigenvalue weighted by Crippen LogP contribution is -2.45. The molecule has 0 amide bonds. The van der Waals surface area contributed by atoms with Crippen LogP contribution in [0.15, 0.2) is 0 Å².